The Balaban J connectivity index is 1.61. The van der Waals surface area contributed by atoms with Crippen LogP contribution in [0.4, 0.5) is 11.4 Å². The summed E-state index contributed by atoms with van der Waals surface area (Å²) < 4.78 is 38.2. The van der Waals surface area contributed by atoms with E-state index >= 15 is 0 Å². The quantitative estimate of drug-likeness (QED) is 0.514. The molecule has 0 aliphatic rings. The van der Waals surface area contributed by atoms with Crippen LogP contribution in [0.2, 0.25) is 5.02 Å². The minimum atomic E-state index is -3.79. The van der Waals surface area contributed by atoms with Gasteiger partial charge in [0.25, 0.3) is 15.9 Å². The van der Waals surface area contributed by atoms with Gasteiger partial charge in [-0.3, -0.25) is 9.52 Å². The van der Waals surface area contributed by atoms with Crippen molar-refractivity contribution in [1.82, 2.24) is 0 Å². The average Bonchev–Trinajstić information content (AvgIpc) is 2.74. The van der Waals surface area contributed by atoms with Crippen molar-refractivity contribution < 1.29 is 22.7 Å². The summed E-state index contributed by atoms with van der Waals surface area (Å²) in [7, 11) is -2.23. The van der Waals surface area contributed by atoms with Crippen LogP contribution in [0.3, 0.4) is 0 Å². The molecule has 0 radical (unpaired) electrons. The summed E-state index contributed by atoms with van der Waals surface area (Å²) in [4.78, 5) is 12.4. The van der Waals surface area contributed by atoms with Gasteiger partial charge in [0.2, 0.25) is 0 Å². The molecule has 0 spiro atoms. The first-order valence-electron chi connectivity index (χ1n) is 9.27. The highest BCUT2D eigenvalue weighted by molar-refractivity contribution is 7.92. The molecule has 0 heterocycles. The van der Waals surface area contributed by atoms with Gasteiger partial charge in [-0.1, -0.05) is 17.7 Å². The molecule has 0 bridgehead atoms. The second kappa shape index (κ2) is 9.72. The topological polar surface area (TPSA) is 93.7 Å². The monoisotopic (exact) mass is 460 g/mol. The number of rotatable bonds is 8. The Morgan fingerprint density at radius 2 is 1.58 bits per heavy atom. The lowest BCUT2D eigenvalue weighted by Crippen LogP contribution is -2.30. The fourth-order valence-electron chi connectivity index (χ4n) is 2.64. The maximum Gasteiger partial charge on any atom is 0.265 e. The van der Waals surface area contributed by atoms with Gasteiger partial charge < -0.3 is 14.8 Å². The number of amides is 1. The molecule has 9 heteroatoms. The molecule has 3 rings (SSSR count). The predicted molar refractivity (Wildman–Crippen MR) is 120 cm³/mol. The average molecular weight is 461 g/mol. The third-order valence-electron chi connectivity index (χ3n) is 4.25. The highest BCUT2D eigenvalue weighted by Gasteiger charge is 2.17. The smallest absolute Gasteiger partial charge is 0.265 e. The van der Waals surface area contributed by atoms with Crippen LogP contribution >= 0.6 is 11.6 Å². The van der Waals surface area contributed by atoms with Gasteiger partial charge in [0.1, 0.15) is 11.5 Å². The number of hydrogen-bond acceptors (Lipinski definition) is 5. The van der Waals surface area contributed by atoms with Crippen LogP contribution in [-0.4, -0.2) is 27.5 Å². The van der Waals surface area contributed by atoms with Gasteiger partial charge in [0, 0.05) is 10.7 Å². The van der Waals surface area contributed by atoms with Crippen molar-refractivity contribution >= 4 is 38.9 Å². The molecular weight excluding hydrogens is 440 g/mol. The van der Waals surface area contributed by atoms with E-state index in [-0.39, 0.29) is 10.8 Å². The second-order valence-electron chi connectivity index (χ2n) is 6.57. The van der Waals surface area contributed by atoms with Crippen LogP contribution in [0.25, 0.3) is 0 Å². The number of benzene rings is 3. The molecule has 3 aromatic rings. The largest absolute Gasteiger partial charge is 0.497 e. The number of hydrogen-bond donors (Lipinski definition) is 2. The summed E-state index contributed by atoms with van der Waals surface area (Å²) in [6.45, 7) is 1.62. The minimum Gasteiger partial charge on any atom is -0.497 e. The van der Waals surface area contributed by atoms with E-state index in [1.807, 2.05) is 0 Å². The number of methoxy groups -OCH3 is 1. The van der Waals surface area contributed by atoms with E-state index in [1.165, 1.54) is 30.3 Å². The lowest BCUT2D eigenvalue weighted by Gasteiger charge is -2.15. The Morgan fingerprint density at radius 3 is 2.19 bits per heavy atom. The van der Waals surface area contributed by atoms with Crippen molar-refractivity contribution in [3.63, 3.8) is 0 Å². The van der Waals surface area contributed by atoms with Gasteiger partial charge in [-0.15, -0.1) is 0 Å². The predicted octanol–water partition coefficient (Wildman–Crippen LogP) is 4.56. The van der Waals surface area contributed by atoms with Crippen LogP contribution in [0.5, 0.6) is 11.5 Å². The van der Waals surface area contributed by atoms with Crippen molar-refractivity contribution in [3.8, 4) is 11.5 Å². The second-order valence-corrected chi connectivity index (χ2v) is 8.68. The van der Waals surface area contributed by atoms with E-state index in [9.17, 15) is 13.2 Å². The summed E-state index contributed by atoms with van der Waals surface area (Å²) in [5, 5.41) is 3.12. The van der Waals surface area contributed by atoms with E-state index in [0.717, 1.165) is 0 Å². The molecule has 0 saturated carbocycles. The number of sulfonamides is 1. The maximum atomic E-state index is 12.5. The maximum absolute atomic E-state index is 12.5. The Labute approximate surface area is 186 Å². The van der Waals surface area contributed by atoms with Crippen LogP contribution in [-0.2, 0) is 14.8 Å². The third kappa shape index (κ3) is 6.13. The summed E-state index contributed by atoms with van der Waals surface area (Å²) >= 11 is 5.89. The van der Waals surface area contributed by atoms with Crippen molar-refractivity contribution in [2.45, 2.75) is 17.9 Å². The van der Waals surface area contributed by atoms with Crippen molar-refractivity contribution in [2.75, 3.05) is 17.1 Å². The van der Waals surface area contributed by atoms with Crippen LogP contribution < -0.4 is 19.5 Å². The van der Waals surface area contributed by atoms with E-state index < -0.39 is 16.1 Å². The number of carbonyl (C=O) groups is 1. The number of nitrogens with one attached hydrogen (secondary N) is 2. The molecule has 3 aromatic carbocycles. The van der Waals surface area contributed by atoms with Gasteiger partial charge >= 0.3 is 0 Å². The first kappa shape index (κ1) is 22.5. The number of halogens is 1. The molecule has 1 atom stereocenters. The zero-order chi connectivity index (χ0) is 22.4. The molecular formula is C22H21ClN2O5S. The van der Waals surface area contributed by atoms with Gasteiger partial charge in [-0.25, -0.2) is 8.42 Å². The van der Waals surface area contributed by atoms with E-state index in [4.69, 9.17) is 21.1 Å². The lowest BCUT2D eigenvalue weighted by atomic mass is 10.3. The fraction of sp³-hybridized carbons (Fsp3) is 0.136. The van der Waals surface area contributed by atoms with Crippen molar-refractivity contribution in [1.29, 1.82) is 0 Å². The zero-order valence-corrected chi connectivity index (χ0v) is 18.4. The van der Waals surface area contributed by atoms with E-state index in [0.29, 0.717) is 27.9 Å². The Morgan fingerprint density at radius 1 is 0.935 bits per heavy atom. The molecule has 1 amide bonds. The van der Waals surface area contributed by atoms with Crippen molar-refractivity contribution in [2.24, 2.45) is 0 Å². The standard InChI is InChI=1S/C22H21ClN2O5S/c1-15(30-20-10-8-19(29-2)9-11-20)22(26)24-17-6-12-21(13-7-17)31(27,28)25-18-5-3-4-16(23)14-18/h3-15,25H,1-2H3,(H,24,26)/t15-/m1/s1. The highest BCUT2D eigenvalue weighted by Crippen LogP contribution is 2.22. The first-order chi connectivity index (χ1) is 14.8. The molecule has 0 aliphatic carbocycles. The fourth-order valence-corrected chi connectivity index (χ4v) is 3.88. The highest BCUT2D eigenvalue weighted by atomic mass is 35.5. The van der Waals surface area contributed by atoms with Gasteiger partial charge in [-0.05, 0) is 73.7 Å². The Bertz CT molecular complexity index is 1150. The van der Waals surface area contributed by atoms with Crippen LogP contribution in [0.1, 0.15) is 6.92 Å². The molecule has 0 fully saturated rings. The zero-order valence-electron chi connectivity index (χ0n) is 16.8. The number of carbonyl (C=O) groups excluding carboxylic acids is 1. The molecule has 2 N–H and O–H groups in total. The first-order valence-corrected chi connectivity index (χ1v) is 11.1. The molecule has 7 nitrogen and oxygen atoms in total. The van der Waals surface area contributed by atoms with Gasteiger partial charge in [0.15, 0.2) is 6.10 Å². The van der Waals surface area contributed by atoms with Crippen molar-refractivity contribution in [3.05, 3.63) is 77.8 Å². The van der Waals surface area contributed by atoms with E-state index in [2.05, 4.69) is 10.0 Å². The molecule has 0 aliphatic heterocycles. The SMILES string of the molecule is COc1ccc(O[C@H](C)C(=O)Nc2ccc(S(=O)(=O)Nc3cccc(Cl)c3)cc2)cc1. The molecule has 0 unspecified atom stereocenters. The normalized spacial score (nSPS) is 12.0. The van der Waals surface area contributed by atoms with Gasteiger partial charge in [0.05, 0.1) is 17.7 Å². The summed E-state index contributed by atoms with van der Waals surface area (Å²) in [6, 6.07) is 19.1. The molecule has 0 saturated heterocycles. The molecule has 0 aromatic heterocycles. The Kier molecular flexibility index (Phi) is 7.04. The summed E-state index contributed by atoms with van der Waals surface area (Å²) in [6.07, 6.45) is -0.763. The lowest BCUT2D eigenvalue weighted by molar-refractivity contribution is -0.122. The van der Waals surface area contributed by atoms with E-state index in [1.54, 1.807) is 56.5 Å². The summed E-state index contributed by atoms with van der Waals surface area (Å²) in [5.74, 6) is 0.838. The summed E-state index contributed by atoms with van der Waals surface area (Å²) in [5.41, 5.74) is 0.797. The van der Waals surface area contributed by atoms with Crippen LogP contribution in [0, 0.1) is 0 Å². The molecule has 31 heavy (non-hydrogen) atoms. The third-order valence-corrected chi connectivity index (χ3v) is 5.88. The number of anilines is 2. The molecule has 162 valence electrons. The minimum absolute atomic E-state index is 0.0491. The Hall–Kier alpha value is -3.23. The van der Waals surface area contributed by atoms with Gasteiger partial charge in [-0.2, -0.15) is 0 Å². The van der Waals surface area contributed by atoms with Crippen LogP contribution in [0.15, 0.2) is 77.7 Å². The number of ether oxygens (including phenoxy) is 2.